The van der Waals surface area contributed by atoms with E-state index in [1.165, 1.54) is 12.1 Å². The van der Waals surface area contributed by atoms with Gasteiger partial charge in [-0.15, -0.1) is 0 Å². The Morgan fingerprint density at radius 2 is 1.76 bits per heavy atom. The van der Waals surface area contributed by atoms with Crippen LogP contribution in [0.5, 0.6) is 11.5 Å². The quantitative estimate of drug-likeness (QED) is 0.477. The fourth-order valence-electron chi connectivity index (χ4n) is 2.69. The minimum Gasteiger partial charge on any atom is -0.507 e. The molecule has 2 aromatic carbocycles. The first-order valence-electron chi connectivity index (χ1n) is 7.46. The van der Waals surface area contributed by atoms with Crippen molar-refractivity contribution in [3.63, 3.8) is 0 Å². The highest BCUT2D eigenvalue weighted by Crippen LogP contribution is 2.38. The maximum Gasteiger partial charge on any atom is 0.164 e. The van der Waals surface area contributed by atoms with Gasteiger partial charge in [0.2, 0.25) is 0 Å². The van der Waals surface area contributed by atoms with Gasteiger partial charge in [-0.05, 0) is 42.5 Å². The van der Waals surface area contributed by atoms with E-state index in [1.807, 2.05) is 18.2 Å². The molecule has 4 aromatic rings. The number of aromatic hydroxyl groups is 2. The summed E-state index contributed by atoms with van der Waals surface area (Å²) in [6.45, 7) is 0. The topological polar surface area (TPSA) is 97.2 Å². The fourth-order valence-corrected chi connectivity index (χ4v) is 2.85. The largest absolute Gasteiger partial charge is 0.507 e. The number of imidazole rings is 1. The Hall–Kier alpha value is -3.25. The second-order valence-electron chi connectivity index (χ2n) is 5.53. The van der Waals surface area contributed by atoms with Gasteiger partial charge in [0, 0.05) is 23.6 Å². The molecule has 0 amide bonds. The number of hydrogen-bond acceptors (Lipinski definition) is 5. The van der Waals surface area contributed by atoms with Crippen molar-refractivity contribution in [3.8, 4) is 28.6 Å². The average Bonchev–Trinajstić information content (AvgIpc) is 2.98. The molecule has 124 valence electrons. The van der Waals surface area contributed by atoms with Crippen molar-refractivity contribution >= 4 is 28.5 Å². The second-order valence-corrected chi connectivity index (χ2v) is 5.94. The van der Waals surface area contributed by atoms with Crippen LogP contribution in [0.4, 0.5) is 5.69 Å². The average molecular weight is 353 g/mol. The Morgan fingerprint density at radius 1 is 1.00 bits per heavy atom. The summed E-state index contributed by atoms with van der Waals surface area (Å²) in [5.41, 5.74) is 8.88. The number of nitrogens with zero attached hydrogens (tertiary/aromatic N) is 3. The molecule has 0 saturated carbocycles. The third-order valence-corrected chi connectivity index (χ3v) is 4.18. The van der Waals surface area contributed by atoms with Crippen molar-refractivity contribution < 1.29 is 10.2 Å². The number of benzene rings is 2. The van der Waals surface area contributed by atoms with E-state index >= 15 is 0 Å². The van der Waals surface area contributed by atoms with Crippen LogP contribution in [0.3, 0.4) is 0 Å². The predicted octanol–water partition coefficient (Wildman–Crippen LogP) is 3.73. The van der Waals surface area contributed by atoms with E-state index in [-0.39, 0.29) is 16.5 Å². The highest BCUT2D eigenvalue weighted by molar-refractivity contribution is 6.32. The van der Waals surface area contributed by atoms with E-state index in [0.29, 0.717) is 28.2 Å². The Kier molecular flexibility index (Phi) is 3.47. The molecule has 0 aliphatic carbocycles. The number of nitrogen functional groups attached to an aromatic ring is 1. The minimum absolute atomic E-state index is 0.122. The van der Waals surface area contributed by atoms with Crippen LogP contribution < -0.4 is 5.73 Å². The summed E-state index contributed by atoms with van der Waals surface area (Å²) in [6, 6.07) is 13.5. The summed E-state index contributed by atoms with van der Waals surface area (Å²) in [5.74, 6) is 0.128. The fraction of sp³-hybridized carbons (Fsp3) is 0. The van der Waals surface area contributed by atoms with Crippen molar-refractivity contribution in [1.29, 1.82) is 0 Å². The number of fused-ring (bicyclic) bond motifs is 1. The Labute approximate surface area is 147 Å². The first kappa shape index (κ1) is 15.3. The van der Waals surface area contributed by atoms with Gasteiger partial charge in [0.1, 0.15) is 17.0 Å². The van der Waals surface area contributed by atoms with Crippen LogP contribution in [0.1, 0.15) is 0 Å². The summed E-state index contributed by atoms with van der Waals surface area (Å²) in [7, 11) is 0. The van der Waals surface area contributed by atoms with Gasteiger partial charge in [-0.25, -0.2) is 9.97 Å². The van der Waals surface area contributed by atoms with Crippen LogP contribution in [0.15, 0.2) is 54.7 Å². The smallest absolute Gasteiger partial charge is 0.164 e. The molecule has 0 saturated heterocycles. The summed E-state index contributed by atoms with van der Waals surface area (Å²) in [6.07, 6.45) is 1.67. The zero-order chi connectivity index (χ0) is 17.6. The molecule has 0 spiro atoms. The lowest BCUT2D eigenvalue weighted by molar-refractivity contribution is 0.451. The number of anilines is 1. The van der Waals surface area contributed by atoms with Crippen LogP contribution >= 0.6 is 11.6 Å². The maximum absolute atomic E-state index is 10.3. The van der Waals surface area contributed by atoms with Gasteiger partial charge in [0.15, 0.2) is 11.5 Å². The van der Waals surface area contributed by atoms with E-state index in [1.54, 1.807) is 29.0 Å². The van der Waals surface area contributed by atoms with E-state index in [4.69, 9.17) is 17.3 Å². The van der Waals surface area contributed by atoms with Gasteiger partial charge in [0.25, 0.3) is 0 Å². The monoisotopic (exact) mass is 352 g/mol. The molecule has 0 unspecified atom stereocenters. The molecule has 2 heterocycles. The standard InChI is InChI=1S/C18H13ClN4O2/c19-13-8-12(15(24)9-16(13)25)17-22-14-2-1-7-21-18(14)23(17)11-5-3-10(20)4-6-11/h1-9,24-25H,20H2. The van der Waals surface area contributed by atoms with Gasteiger partial charge in [-0.3, -0.25) is 4.57 Å². The number of phenolic OH excluding ortho intramolecular Hbond substituents is 2. The van der Waals surface area contributed by atoms with Crippen molar-refractivity contribution in [2.75, 3.05) is 5.73 Å². The number of aromatic nitrogens is 3. The predicted molar refractivity (Wildman–Crippen MR) is 97.1 cm³/mol. The van der Waals surface area contributed by atoms with Crippen molar-refractivity contribution in [1.82, 2.24) is 14.5 Å². The van der Waals surface area contributed by atoms with E-state index in [0.717, 1.165) is 5.69 Å². The number of halogens is 1. The molecule has 4 rings (SSSR count). The Bertz CT molecular complexity index is 1090. The maximum atomic E-state index is 10.3. The lowest BCUT2D eigenvalue weighted by Crippen LogP contribution is -1.99. The molecular formula is C18H13ClN4O2. The normalized spacial score (nSPS) is 11.1. The molecule has 0 aliphatic heterocycles. The Balaban J connectivity index is 2.06. The Morgan fingerprint density at radius 3 is 2.52 bits per heavy atom. The molecular weight excluding hydrogens is 340 g/mol. The van der Waals surface area contributed by atoms with Crippen molar-refractivity contribution in [2.24, 2.45) is 0 Å². The number of nitrogens with two attached hydrogens (primary N) is 1. The van der Waals surface area contributed by atoms with Gasteiger partial charge in [-0.2, -0.15) is 0 Å². The second kappa shape index (κ2) is 5.68. The van der Waals surface area contributed by atoms with Crippen LogP contribution in [-0.4, -0.2) is 24.7 Å². The summed E-state index contributed by atoms with van der Waals surface area (Å²) in [5, 5.41) is 20.1. The van der Waals surface area contributed by atoms with Crippen LogP contribution in [0.2, 0.25) is 5.02 Å². The number of phenols is 2. The van der Waals surface area contributed by atoms with E-state index in [2.05, 4.69) is 9.97 Å². The highest BCUT2D eigenvalue weighted by atomic mass is 35.5. The number of hydrogen-bond donors (Lipinski definition) is 3. The molecule has 0 bridgehead atoms. The lowest BCUT2D eigenvalue weighted by atomic mass is 10.1. The van der Waals surface area contributed by atoms with Crippen LogP contribution in [-0.2, 0) is 0 Å². The molecule has 0 atom stereocenters. The van der Waals surface area contributed by atoms with E-state index in [9.17, 15) is 10.2 Å². The molecule has 0 radical (unpaired) electrons. The van der Waals surface area contributed by atoms with Gasteiger partial charge < -0.3 is 15.9 Å². The summed E-state index contributed by atoms with van der Waals surface area (Å²) >= 11 is 6.02. The number of rotatable bonds is 2. The third kappa shape index (κ3) is 2.53. The first-order chi connectivity index (χ1) is 12.0. The minimum atomic E-state index is -0.198. The van der Waals surface area contributed by atoms with Crippen LogP contribution in [0, 0.1) is 0 Å². The molecule has 7 heteroatoms. The molecule has 2 aromatic heterocycles. The van der Waals surface area contributed by atoms with Gasteiger partial charge in [0.05, 0.1) is 10.6 Å². The SMILES string of the molecule is Nc1ccc(-n2c(-c3cc(Cl)c(O)cc3O)nc3cccnc32)cc1. The van der Waals surface area contributed by atoms with Crippen LogP contribution in [0.25, 0.3) is 28.2 Å². The molecule has 0 aliphatic rings. The summed E-state index contributed by atoms with van der Waals surface area (Å²) < 4.78 is 1.80. The molecule has 0 fully saturated rings. The van der Waals surface area contributed by atoms with Gasteiger partial charge >= 0.3 is 0 Å². The zero-order valence-corrected chi connectivity index (χ0v) is 13.6. The first-order valence-corrected chi connectivity index (χ1v) is 7.83. The molecule has 4 N–H and O–H groups in total. The molecule has 6 nitrogen and oxygen atoms in total. The molecule has 25 heavy (non-hydrogen) atoms. The highest BCUT2D eigenvalue weighted by Gasteiger charge is 2.19. The van der Waals surface area contributed by atoms with Gasteiger partial charge in [-0.1, -0.05) is 11.6 Å². The lowest BCUT2D eigenvalue weighted by Gasteiger charge is -2.11. The zero-order valence-electron chi connectivity index (χ0n) is 12.9. The van der Waals surface area contributed by atoms with Crippen molar-refractivity contribution in [3.05, 3.63) is 59.8 Å². The van der Waals surface area contributed by atoms with E-state index < -0.39 is 0 Å². The summed E-state index contributed by atoms with van der Waals surface area (Å²) in [4.78, 5) is 8.98. The third-order valence-electron chi connectivity index (χ3n) is 3.87. The van der Waals surface area contributed by atoms with Crippen molar-refractivity contribution in [2.45, 2.75) is 0 Å². The number of pyridine rings is 1.